The largest absolute Gasteiger partial charge is 0.370 e. The Labute approximate surface area is 99.0 Å². The Morgan fingerprint density at radius 3 is 2.25 bits per heavy atom. The summed E-state index contributed by atoms with van der Waals surface area (Å²) in [6.07, 6.45) is 1.49. The van der Waals surface area contributed by atoms with E-state index in [0.717, 1.165) is 13.0 Å². The van der Waals surface area contributed by atoms with Crippen molar-refractivity contribution in [3.05, 3.63) is 35.4 Å². The van der Waals surface area contributed by atoms with Gasteiger partial charge in [0.05, 0.1) is 12.2 Å². The van der Waals surface area contributed by atoms with Crippen LogP contribution in [0.3, 0.4) is 0 Å². The van der Waals surface area contributed by atoms with Crippen LogP contribution in [0.1, 0.15) is 38.0 Å². The first-order valence-corrected chi connectivity index (χ1v) is 6.06. The predicted molar refractivity (Wildman–Crippen MR) is 68.7 cm³/mol. The highest BCUT2D eigenvalue weighted by molar-refractivity contribution is 5.24. The molecule has 0 bridgehead atoms. The van der Waals surface area contributed by atoms with Crippen molar-refractivity contribution in [3.8, 4) is 0 Å². The molecule has 0 aromatic heterocycles. The minimum atomic E-state index is 0.149. The number of hydrogen-bond donors (Lipinski definition) is 1. The molecule has 2 nitrogen and oxygen atoms in total. The van der Waals surface area contributed by atoms with E-state index in [-0.39, 0.29) is 12.2 Å². The third-order valence-electron chi connectivity index (χ3n) is 2.59. The van der Waals surface area contributed by atoms with E-state index in [9.17, 15) is 0 Å². The summed E-state index contributed by atoms with van der Waals surface area (Å²) < 4.78 is 5.89. The van der Waals surface area contributed by atoms with E-state index in [1.54, 1.807) is 0 Å². The molecule has 0 saturated carbocycles. The zero-order valence-corrected chi connectivity index (χ0v) is 10.8. The second kappa shape index (κ2) is 6.66. The average Bonchev–Trinajstić information content (AvgIpc) is 2.28. The number of aryl methyl sites for hydroxylation is 1. The summed E-state index contributed by atoms with van der Waals surface area (Å²) in [4.78, 5) is 0. The van der Waals surface area contributed by atoms with Gasteiger partial charge in [0.2, 0.25) is 0 Å². The van der Waals surface area contributed by atoms with Crippen molar-refractivity contribution in [2.75, 3.05) is 13.6 Å². The third-order valence-corrected chi connectivity index (χ3v) is 2.59. The van der Waals surface area contributed by atoms with Crippen LogP contribution < -0.4 is 5.32 Å². The van der Waals surface area contributed by atoms with Crippen LogP contribution in [0.5, 0.6) is 0 Å². The maximum absolute atomic E-state index is 5.89. The predicted octanol–water partition coefficient (Wildman–Crippen LogP) is 2.93. The van der Waals surface area contributed by atoms with Gasteiger partial charge in [0.15, 0.2) is 0 Å². The van der Waals surface area contributed by atoms with Crippen molar-refractivity contribution < 1.29 is 4.74 Å². The van der Waals surface area contributed by atoms with Gasteiger partial charge in [-0.3, -0.25) is 0 Å². The Hall–Kier alpha value is -0.860. The summed E-state index contributed by atoms with van der Waals surface area (Å²) in [7, 11) is 1.96. The molecule has 0 aliphatic rings. The van der Waals surface area contributed by atoms with E-state index < -0.39 is 0 Å². The molecule has 1 N–H and O–H groups in total. The van der Waals surface area contributed by atoms with Crippen molar-refractivity contribution in [2.24, 2.45) is 0 Å². The van der Waals surface area contributed by atoms with Gasteiger partial charge >= 0.3 is 0 Å². The lowest BCUT2D eigenvalue weighted by Gasteiger charge is -2.20. The van der Waals surface area contributed by atoms with Crippen LogP contribution in [0.25, 0.3) is 0 Å². The Kier molecular flexibility index (Phi) is 5.50. The number of benzene rings is 1. The highest BCUT2D eigenvalue weighted by atomic mass is 16.5. The molecule has 0 spiro atoms. The van der Waals surface area contributed by atoms with E-state index >= 15 is 0 Å². The zero-order chi connectivity index (χ0) is 12.0. The third kappa shape index (κ3) is 3.95. The Bertz CT molecular complexity index is 292. The minimum absolute atomic E-state index is 0.149. The molecule has 1 atom stereocenters. The molecule has 0 unspecified atom stereocenters. The van der Waals surface area contributed by atoms with Crippen LogP contribution >= 0.6 is 0 Å². The lowest BCUT2D eigenvalue weighted by atomic mass is 10.1. The number of rotatable bonds is 6. The van der Waals surface area contributed by atoms with Gasteiger partial charge in [0.25, 0.3) is 0 Å². The average molecular weight is 221 g/mol. The molecule has 16 heavy (non-hydrogen) atoms. The molecule has 0 aliphatic heterocycles. The minimum Gasteiger partial charge on any atom is -0.370 e. The van der Waals surface area contributed by atoms with Gasteiger partial charge in [-0.05, 0) is 38.4 Å². The maximum Gasteiger partial charge on any atom is 0.0952 e. The fourth-order valence-corrected chi connectivity index (χ4v) is 1.73. The Morgan fingerprint density at radius 1 is 1.19 bits per heavy atom. The van der Waals surface area contributed by atoms with Gasteiger partial charge in [0, 0.05) is 6.54 Å². The van der Waals surface area contributed by atoms with Gasteiger partial charge in [0.1, 0.15) is 0 Å². The number of hydrogen-bond acceptors (Lipinski definition) is 2. The number of nitrogens with one attached hydrogen (secondary N) is 1. The van der Waals surface area contributed by atoms with E-state index in [1.165, 1.54) is 11.1 Å². The van der Waals surface area contributed by atoms with Crippen molar-refractivity contribution in [3.63, 3.8) is 0 Å². The fourth-order valence-electron chi connectivity index (χ4n) is 1.73. The smallest absolute Gasteiger partial charge is 0.0952 e. The molecule has 0 fully saturated rings. The van der Waals surface area contributed by atoms with Crippen LogP contribution in [0.15, 0.2) is 24.3 Å². The number of ether oxygens (including phenoxy) is 1. The van der Waals surface area contributed by atoms with Crippen molar-refractivity contribution in [2.45, 2.75) is 39.4 Å². The van der Waals surface area contributed by atoms with Crippen LogP contribution in [-0.4, -0.2) is 19.7 Å². The van der Waals surface area contributed by atoms with Gasteiger partial charge in [-0.15, -0.1) is 0 Å². The zero-order valence-electron chi connectivity index (χ0n) is 10.8. The highest BCUT2D eigenvalue weighted by Crippen LogP contribution is 2.19. The van der Waals surface area contributed by atoms with Gasteiger partial charge in [-0.1, -0.05) is 31.2 Å². The molecule has 1 rings (SSSR count). The molecular formula is C14H23NO. The Morgan fingerprint density at radius 2 is 1.81 bits per heavy atom. The summed E-state index contributed by atoms with van der Waals surface area (Å²) in [6, 6.07) is 8.70. The number of likely N-dealkylation sites (N-methyl/N-ethyl adjacent to an activating group) is 1. The van der Waals surface area contributed by atoms with Crippen LogP contribution in [-0.2, 0) is 11.2 Å². The molecule has 1 aromatic carbocycles. The molecule has 0 radical (unpaired) electrons. The topological polar surface area (TPSA) is 21.3 Å². The first kappa shape index (κ1) is 13.2. The van der Waals surface area contributed by atoms with E-state index in [4.69, 9.17) is 4.74 Å². The second-order valence-electron chi connectivity index (χ2n) is 4.33. The quantitative estimate of drug-likeness (QED) is 0.797. The Balaban J connectivity index is 2.75. The summed E-state index contributed by atoms with van der Waals surface area (Å²) >= 11 is 0. The van der Waals surface area contributed by atoms with E-state index in [2.05, 4.69) is 50.4 Å². The monoisotopic (exact) mass is 221 g/mol. The summed E-state index contributed by atoms with van der Waals surface area (Å²) in [5.74, 6) is 0. The van der Waals surface area contributed by atoms with Crippen molar-refractivity contribution >= 4 is 0 Å². The second-order valence-corrected chi connectivity index (χ2v) is 4.33. The molecular weight excluding hydrogens is 198 g/mol. The lowest BCUT2D eigenvalue weighted by molar-refractivity contribution is 0.00813. The highest BCUT2D eigenvalue weighted by Gasteiger charge is 2.12. The normalized spacial score (nSPS) is 13.1. The maximum atomic E-state index is 5.89. The fraction of sp³-hybridized carbons (Fsp3) is 0.571. The van der Waals surface area contributed by atoms with Gasteiger partial charge in [-0.25, -0.2) is 0 Å². The first-order chi connectivity index (χ1) is 7.67. The molecule has 1 aromatic rings. The first-order valence-electron chi connectivity index (χ1n) is 6.06. The molecule has 0 saturated heterocycles. The molecule has 0 heterocycles. The SMILES string of the molecule is CCc1ccc([C@H](CNC)OC(C)C)cc1. The van der Waals surface area contributed by atoms with Crippen molar-refractivity contribution in [1.82, 2.24) is 5.32 Å². The van der Waals surface area contributed by atoms with E-state index in [0.29, 0.717) is 0 Å². The summed E-state index contributed by atoms with van der Waals surface area (Å²) in [5.41, 5.74) is 2.62. The van der Waals surface area contributed by atoms with Crippen LogP contribution in [0.4, 0.5) is 0 Å². The standard InChI is InChI=1S/C14H23NO/c1-5-12-6-8-13(9-7-12)14(10-15-4)16-11(2)3/h6-9,11,14-15H,5,10H2,1-4H3/t14-/m0/s1. The molecule has 0 amide bonds. The van der Waals surface area contributed by atoms with Gasteiger partial charge in [-0.2, -0.15) is 0 Å². The van der Waals surface area contributed by atoms with Gasteiger partial charge < -0.3 is 10.1 Å². The molecule has 90 valence electrons. The van der Waals surface area contributed by atoms with Crippen LogP contribution in [0, 0.1) is 0 Å². The van der Waals surface area contributed by atoms with Crippen molar-refractivity contribution in [1.29, 1.82) is 0 Å². The lowest BCUT2D eigenvalue weighted by Crippen LogP contribution is -2.22. The molecule has 0 aliphatic carbocycles. The van der Waals surface area contributed by atoms with E-state index in [1.807, 2.05) is 7.05 Å². The van der Waals surface area contributed by atoms with Crippen LogP contribution in [0.2, 0.25) is 0 Å². The summed E-state index contributed by atoms with van der Waals surface area (Å²) in [6.45, 7) is 7.17. The summed E-state index contributed by atoms with van der Waals surface area (Å²) in [5, 5.41) is 3.18. The molecule has 2 heteroatoms.